The third-order valence-electron chi connectivity index (χ3n) is 1.25. The molecular formula is C8H12N4O. The summed E-state index contributed by atoms with van der Waals surface area (Å²) in [5.41, 5.74) is 5.63. The summed E-state index contributed by atoms with van der Waals surface area (Å²) in [6.07, 6.45) is 1.53. The summed E-state index contributed by atoms with van der Waals surface area (Å²) in [4.78, 5) is 7.81. The van der Waals surface area contributed by atoms with Crippen molar-refractivity contribution >= 4 is 5.84 Å². The van der Waals surface area contributed by atoms with Gasteiger partial charge in [-0.05, 0) is 19.9 Å². The lowest BCUT2D eigenvalue weighted by molar-refractivity contribution is 0.222. The fourth-order valence-corrected chi connectivity index (χ4v) is 0.758. The summed E-state index contributed by atoms with van der Waals surface area (Å²) in [6, 6.07) is 1.82. The molecule has 0 bridgehead atoms. The molecule has 0 radical (unpaired) electrons. The molecule has 0 spiro atoms. The van der Waals surface area contributed by atoms with E-state index in [0.717, 1.165) is 0 Å². The zero-order valence-corrected chi connectivity index (χ0v) is 7.61. The van der Waals surface area contributed by atoms with Gasteiger partial charge in [0.15, 0.2) is 0 Å². The fourth-order valence-electron chi connectivity index (χ4n) is 0.758. The van der Waals surface area contributed by atoms with E-state index in [9.17, 15) is 0 Å². The summed E-state index contributed by atoms with van der Waals surface area (Å²) in [6.45, 7) is 3.76. The molecule has 1 aromatic rings. The lowest BCUT2D eigenvalue weighted by Gasteiger charge is -2.07. The fraction of sp³-hybridized carbons (Fsp3) is 0.375. The van der Waals surface area contributed by atoms with E-state index >= 15 is 0 Å². The van der Waals surface area contributed by atoms with E-state index in [-0.39, 0.29) is 18.0 Å². The minimum atomic E-state index is -0.0870. The zero-order chi connectivity index (χ0) is 9.84. The molecule has 0 unspecified atom stereocenters. The van der Waals surface area contributed by atoms with Crippen molar-refractivity contribution < 1.29 is 4.74 Å². The molecule has 5 heteroatoms. The van der Waals surface area contributed by atoms with E-state index in [1.807, 2.05) is 13.8 Å². The van der Waals surface area contributed by atoms with Crippen LogP contribution in [0.5, 0.6) is 6.01 Å². The topological polar surface area (TPSA) is 84.9 Å². The number of nitrogens with two attached hydrogens (primary N) is 1. The van der Waals surface area contributed by atoms with Gasteiger partial charge >= 0.3 is 6.01 Å². The Morgan fingerprint density at radius 2 is 2.31 bits per heavy atom. The van der Waals surface area contributed by atoms with Gasteiger partial charge in [-0.1, -0.05) is 0 Å². The summed E-state index contributed by atoms with van der Waals surface area (Å²) >= 11 is 0. The molecule has 1 heterocycles. The van der Waals surface area contributed by atoms with E-state index in [1.165, 1.54) is 6.20 Å². The number of amidine groups is 1. The molecule has 1 aromatic heterocycles. The first-order chi connectivity index (χ1) is 6.09. The Morgan fingerprint density at radius 3 is 2.85 bits per heavy atom. The number of nitrogens with zero attached hydrogens (tertiary/aromatic N) is 2. The summed E-state index contributed by atoms with van der Waals surface area (Å²) in [7, 11) is 0. The molecule has 0 amide bonds. The number of hydrogen-bond donors (Lipinski definition) is 2. The highest BCUT2D eigenvalue weighted by atomic mass is 16.5. The maximum Gasteiger partial charge on any atom is 0.317 e. The van der Waals surface area contributed by atoms with Gasteiger partial charge in [0, 0.05) is 6.20 Å². The first kappa shape index (κ1) is 9.44. The van der Waals surface area contributed by atoms with Crippen LogP contribution in [0.4, 0.5) is 0 Å². The van der Waals surface area contributed by atoms with Gasteiger partial charge in [-0.25, -0.2) is 4.98 Å². The Balaban J connectivity index is 2.85. The van der Waals surface area contributed by atoms with Crippen molar-refractivity contribution in [3.63, 3.8) is 0 Å². The first-order valence-electron chi connectivity index (χ1n) is 3.93. The standard InChI is InChI=1S/C8H12N4O/c1-5(2)13-8-11-4-3-6(12-8)7(9)10/h3-5H,1-2H3,(H3,9,10). The van der Waals surface area contributed by atoms with Gasteiger partial charge in [0.25, 0.3) is 0 Å². The number of nitrogens with one attached hydrogen (secondary N) is 1. The Bertz CT molecular complexity index is 311. The highest BCUT2D eigenvalue weighted by Crippen LogP contribution is 2.04. The van der Waals surface area contributed by atoms with Crippen molar-refractivity contribution in [3.05, 3.63) is 18.0 Å². The normalized spacial score (nSPS) is 10.1. The maximum atomic E-state index is 7.15. The van der Waals surface area contributed by atoms with Crippen LogP contribution < -0.4 is 10.5 Å². The van der Waals surface area contributed by atoms with Crippen LogP contribution in [0.2, 0.25) is 0 Å². The van der Waals surface area contributed by atoms with Gasteiger partial charge in [0.1, 0.15) is 11.5 Å². The second kappa shape index (κ2) is 3.84. The molecule has 5 nitrogen and oxygen atoms in total. The molecule has 1 rings (SSSR count). The lowest BCUT2D eigenvalue weighted by Crippen LogP contribution is -2.15. The summed E-state index contributed by atoms with van der Waals surface area (Å²) in [5.74, 6) is -0.0870. The van der Waals surface area contributed by atoms with E-state index in [2.05, 4.69) is 9.97 Å². The predicted octanol–water partition coefficient (Wildman–Crippen LogP) is 0.548. The largest absolute Gasteiger partial charge is 0.461 e. The molecule has 0 aliphatic heterocycles. The van der Waals surface area contributed by atoms with E-state index in [1.54, 1.807) is 6.07 Å². The van der Waals surface area contributed by atoms with Crippen LogP contribution in [-0.2, 0) is 0 Å². The van der Waals surface area contributed by atoms with Crippen molar-refractivity contribution in [1.82, 2.24) is 9.97 Å². The summed E-state index contributed by atoms with van der Waals surface area (Å²) in [5, 5.41) is 7.15. The van der Waals surface area contributed by atoms with Gasteiger partial charge < -0.3 is 10.5 Å². The van der Waals surface area contributed by atoms with Crippen LogP contribution in [0.1, 0.15) is 19.5 Å². The van der Waals surface area contributed by atoms with Crippen molar-refractivity contribution in [1.29, 1.82) is 5.41 Å². The van der Waals surface area contributed by atoms with Crippen molar-refractivity contribution in [2.45, 2.75) is 20.0 Å². The summed E-state index contributed by atoms with van der Waals surface area (Å²) < 4.78 is 5.23. The molecule has 0 aromatic carbocycles. The first-order valence-corrected chi connectivity index (χ1v) is 3.93. The van der Waals surface area contributed by atoms with Crippen LogP contribution in [0.25, 0.3) is 0 Å². The van der Waals surface area contributed by atoms with Gasteiger partial charge in [0.05, 0.1) is 6.10 Å². The monoisotopic (exact) mass is 180 g/mol. The maximum absolute atomic E-state index is 7.15. The van der Waals surface area contributed by atoms with Gasteiger partial charge in [-0.3, -0.25) is 5.41 Å². The highest BCUT2D eigenvalue weighted by molar-refractivity contribution is 5.92. The van der Waals surface area contributed by atoms with Gasteiger partial charge in [-0.15, -0.1) is 0 Å². The third-order valence-corrected chi connectivity index (χ3v) is 1.25. The van der Waals surface area contributed by atoms with Crippen LogP contribution in [-0.4, -0.2) is 21.9 Å². The number of ether oxygens (including phenoxy) is 1. The van der Waals surface area contributed by atoms with Crippen LogP contribution in [0.3, 0.4) is 0 Å². The number of rotatable bonds is 3. The zero-order valence-electron chi connectivity index (χ0n) is 7.61. The third kappa shape index (κ3) is 2.70. The van der Waals surface area contributed by atoms with Crippen LogP contribution in [0, 0.1) is 5.41 Å². The molecule has 0 aliphatic rings. The molecule has 70 valence electrons. The second-order valence-corrected chi connectivity index (χ2v) is 2.80. The Labute approximate surface area is 76.5 Å². The minimum absolute atomic E-state index is 0.0159. The molecule has 0 saturated heterocycles. The Kier molecular flexibility index (Phi) is 2.79. The van der Waals surface area contributed by atoms with Crippen LogP contribution in [0.15, 0.2) is 12.3 Å². The van der Waals surface area contributed by atoms with Crippen LogP contribution >= 0.6 is 0 Å². The van der Waals surface area contributed by atoms with Crippen molar-refractivity contribution in [2.24, 2.45) is 5.73 Å². The van der Waals surface area contributed by atoms with Gasteiger partial charge in [-0.2, -0.15) is 4.98 Å². The van der Waals surface area contributed by atoms with Crippen molar-refractivity contribution in [2.75, 3.05) is 0 Å². The Morgan fingerprint density at radius 1 is 1.62 bits per heavy atom. The smallest absolute Gasteiger partial charge is 0.317 e. The minimum Gasteiger partial charge on any atom is -0.461 e. The molecule has 0 atom stereocenters. The van der Waals surface area contributed by atoms with Gasteiger partial charge in [0.2, 0.25) is 0 Å². The predicted molar refractivity (Wildman–Crippen MR) is 48.8 cm³/mol. The Hall–Kier alpha value is -1.65. The average molecular weight is 180 g/mol. The average Bonchev–Trinajstić information content (AvgIpc) is 2.03. The number of nitrogen functional groups attached to an aromatic ring is 1. The molecule has 0 saturated carbocycles. The van der Waals surface area contributed by atoms with E-state index < -0.39 is 0 Å². The number of hydrogen-bond acceptors (Lipinski definition) is 4. The molecule has 0 aliphatic carbocycles. The second-order valence-electron chi connectivity index (χ2n) is 2.80. The lowest BCUT2D eigenvalue weighted by atomic mass is 10.4. The molecular weight excluding hydrogens is 168 g/mol. The SMILES string of the molecule is CC(C)Oc1nccc(C(=N)N)n1. The number of aromatic nitrogens is 2. The molecule has 3 N–H and O–H groups in total. The van der Waals surface area contributed by atoms with Crippen molar-refractivity contribution in [3.8, 4) is 6.01 Å². The quantitative estimate of drug-likeness (QED) is 0.525. The molecule has 13 heavy (non-hydrogen) atoms. The van der Waals surface area contributed by atoms with E-state index in [4.69, 9.17) is 15.9 Å². The van der Waals surface area contributed by atoms with E-state index in [0.29, 0.717) is 5.69 Å². The molecule has 0 fully saturated rings. The highest BCUT2D eigenvalue weighted by Gasteiger charge is 2.03.